The van der Waals surface area contributed by atoms with E-state index in [9.17, 15) is 4.79 Å². The van der Waals surface area contributed by atoms with Crippen LogP contribution in [0.25, 0.3) is 0 Å². The first-order chi connectivity index (χ1) is 14.1. The largest absolute Gasteiger partial charge is 0.490 e. The summed E-state index contributed by atoms with van der Waals surface area (Å²) in [5.41, 5.74) is 3.64. The average Bonchev–Trinajstić information content (AvgIpc) is 2.74. The molecule has 1 heterocycles. The molecule has 1 aromatic carbocycles. The number of benzene rings is 1. The van der Waals surface area contributed by atoms with Crippen LogP contribution in [0.3, 0.4) is 0 Å². The van der Waals surface area contributed by atoms with Gasteiger partial charge in [0.15, 0.2) is 23.2 Å². The summed E-state index contributed by atoms with van der Waals surface area (Å²) in [4.78, 5) is 14.2. The molecule has 0 unspecified atom stereocenters. The molecule has 0 aromatic heterocycles. The van der Waals surface area contributed by atoms with Gasteiger partial charge in [0.05, 0.1) is 12.8 Å². The lowest BCUT2D eigenvalue weighted by atomic mass is 10.1. The summed E-state index contributed by atoms with van der Waals surface area (Å²) in [6.07, 6.45) is 7.16. The number of likely N-dealkylation sites (tertiary alicyclic amines) is 1. The maximum Gasteiger partial charge on any atom is 0.260 e. The zero-order valence-corrected chi connectivity index (χ0v) is 18.2. The molecule has 0 spiro atoms. The highest BCUT2D eigenvalue weighted by molar-refractivity contribution is 7.80. The Morgan fingerprint density at radius 2 is 2.00 bits per heavy atom. The van der Waals surface area contributed by atoms with Gasteiger partial charge in [0.1, 0.15) is 0 Å². The van der Waals surface area contributed by atoms with Gasteiger partial charge < -0.3 is 19.7 Å². The molecule has 0 radical (unpaired) electrons. The molecule has 2 N–H and O–H groups in total. The first-order valence-electron chi connectivity index (χ1n) is 10.4. The summed E-state index contributed by atoms with van der Waals surface area (Å²) in [5.74, 6) is 1.16. The fourth-order valence-electron chi connectivity index (χ4n) is 2.95. The molecule has 0 aliphatic carbocycles. The smallest absolute Gasteiger partial charge is 0.260 e. The summed E-state index contributed by atoms with van der Waals surface area (Å²) < 4.78 is 11.4. The molecule has 1 fully saturated rings. The Kier molecular flexibility index (Phi) is 10.3. The highest BCUT2D eigenvalue weighted by atomic mass is 32.1. The zero-order valence-electron chi connectivity index (χ0n) is 17.4. The standard InChI is InChI=1S/C21H32N4O3S/c1-3-5-11-22-21(29)24-23-15-17-9-10-18(19(14-17)27-4-2)28-16-20(26)25-12-7-6-8-13-25/h9-10,14-15H,3-8,11-13,16H2,1-2H3,(H2,22,24,29)/b23-15-. The van der Waals surface area contributed by atoms with Crippen LogP contribution in [0.4, 0.5) is 0 Å². The SMILES string of the molecule is CCCCNC(=S)N/N=C\c1ccc(OCC(=O)N2CCCCC2)c(OCC)c1. The van der Waals surface area contributed by atoms with Gasteiger partial charge in [-0.15, -0.1) is 0 Å². The van der Waals surface area contributed by atoms with Crippen LogP contribution < -0.4 is 20.2 Å². The number of nitrogens with one attached hydrogen (secondary N) is 2. The minimum absolute atomic E-state index is 0.0195. The van der Waals surface area contributed by atoms with Crippen molar-refractivity contribution in [3.63, 3.8) is 0 Å². The molecule has 8 heteroatoms. The van der Waals surface area contributed by atoms with E-state index >= 15 is 0 Å². The number of rotatable bonds is 10. The number of thiocarbonyl (C=S) groups is 1. The van der Waals surface area contributed by atoms with Crippen LogP contribution in [0.15, 0.2) is 23.3 Å². The second kappa shape index (κ2) is 13.0. The Bertz CT molecular complexity index is 691. The van der Waals surface area contributed by atoms with Crippen molar-refractivity contribution in [3.8, 4) is 11.5 Å². The van der Waals surface area contributed by atoms with E-state index in [1.165, 1.54) is 6.42 Å². The number of hydrogen-bond acceptors (Lipinski definition) is 5. The lowest BCUT2D eigenvalue weighted by Crippen LogP contribution is -2.38. The summed E-state index contributed by atoms with van der Waals surface area (Å²) in [6.45, 7) is 7.02. The molecule has 1 aliphatic rings. The van der Waals surface area contributed by atoms with Crippen LogP contribution >= 0.6 is 12.2 Å². The fourth-order valence-corrected chi connectivity index (χ4v) is 3.11. The van der Waals surface area contributed by atoms with Crippen LogP contribution in [-0.2, 0) is 4.79 Å². The van der Waals surface area contributed by atoms with Crippen molar-refractivity contribution in [2.24, 2.45) is 5.10 Å². The second-order valence-corrected chi connectivity index (χ2v) is 7.26. The van der Waals surface area contributed by atoms with Gasteiger partial charge in [-0.25, -0.2) is 0 Å². The Morgan fingerprint density at radius 1 is 1.21 bits per heavy atom. The lowest BCUT2D eigenvalue weighted by molar-refractivity contribution is -0.134. The minimum atomic E-state index is 0.0195. The Hall–Kier alpha value is -2.35. The van der Waals surface area contributed by atoms with Crippen LogP contribution in [0.2, 0.25) is 0 Å². The first kappa shape index (κ1) is 22.9. The van der Waals surface area contributed by atoms with E-state index in [1.807, 2.05) is 24.0 Å². The molecular weight excluding hydrogens is 388 g/mol. The lowest BCUT2D eigenvalue weighted by Gasteiger charge is -2.26. The normalized spacial score (nSPS) is 13.9. The molecule has 7 nitrogen and oxygen atoms in total. The topological polar surface area (TPSA) is 75.2 Å². The summed E-state index contributed by atoms with van der Waals surface area (Å²) >= 11 is 5.17. The molecule has 1 saturated heterocycles. The number of nitrogens with zero attached hydrogens (tertiary/aromatic N) is 2. The van der Waals surface area contributed by atoms with Crippen LogP contribution in [0.5, 0.6) is 11.5 Å². The molecule has 1 aromatic rings. The van der Waals surface area contributed by atoms with Gasteiger partial charge in [0, 0.05) is 19.6 Å². The number of carbonyl (C=O) groups is 1. The predicted octanol–water partition coefficient (Wildman–Crippen LogP) is 3.07. The van der Waals surface area contributed by atoms with E-state index in [4.69, 9.17) is 21.7 Å². The van der Waals surface area contributed by atoms with E-state index < -0.39 is 0 Å². The second-order valence-electron chi connectivity index (χ2n) is 6.85. The third-order valence-electron chi connectivity index (χ3n) is 4.52. The molecule has 0 atom stereocenters. The van der Waals surface area contributed by atoms with Gasteiger partial charge in [0.25, 0.3) is 5.91 Å². The number of hydrogen-bond donors (Lipinski definition) is 2. The van der Waals surface area contributed by atoms with E-state index in [-0.39, 0.29) is 12.5 Å². The maximum atomic E-state index is 12.3. The first-order valence-corrected chi connectivity index (χ1v) is 10.8. The Labute approximate surface area is 178 Å². The van der Waals surface area contributed by atoms with Crippen LogP contribution in [0, 0.1) is 0 Å². The van der Waals surface area contributed by atoms with Crippen molar-refractivity contribution in [3.05, 3.63) is 23.8 Å². The van der Waals surface area contributed by atoms with Gasteiger partial charge in [0.2, 0.25) is 0 Å². The zero-order chi connectivity index (χ0) is 20.9. The van der Waals surface area contributed by atoms with Gasteiger partial charge >= 0.3 is 0 Å². The number of carbonyl (C=O) groups excluding carboxylic acids is 1. The van der Waals surface area contributed by atoms with Gasteiger partial charge in [-0.05, 0) is 68.6 Å². The van der Waals surface area contributed by atoms with Crippen molar-refractivity contribution < 1.29 is 14.3 Å². The summed E-state index contributed by atoms with van der Waals surface area (Å²) in [6, 6.07) is 5.50. The third kappa shape index (κ3) is 8.27. The van der Waals surface area contributed by atoms with Crippen molar-refractivity contribution in [1.82, 2.24) is 15.6 Å². The Morgan fingerprint density at radius 3 is 2.72 bits per heavy atom. The van der Waals surface area contributed by atoms with E-state index in [1.54, 1.807) is 12.3 Å². The number of ether oxygens (including phenoxy) is 2. The van der Waals surface area contributed by atoms with Gasteiger partial charge in [-0.2, -0.15) is 5.10 Å². The minimum Gasteiger partial charge on any atom is -0.490 e. The Balaban J connectivity index is 1.90. The van der Waals surface area contributed by atoms with Gasteiger partial charge in [-0.3, -0.25) is 10.2 Å². The number of piperidine rings is 1. The van der Waals surface area contributed by atoms with Crippen molar-refractivity contribution in [2.45, 2.75) is 46.0 Å². The predicted molar refractivity (Wildman–Crippen MR) is 120 cm³/mol. The molecule has 160 valence electrons. The summed E-state index contributed by atoms with van der Waals surface area (Å²) in [7, 11) is 0. The monoisotopic (exact) mass is 420 g/mol. The molecule has 1 amide bonds. The van der Waals surface area contributed by atoms with E-state index in [2.05, 4.69) is 22.8 Å². The van der Waals surface area contributed by atoms with E-state index in [0.29, 0.717) is 23.2 Å². The van der Waals surface area contributed by atoms with Crippen molar-refractivity contribution in [2.75, 3.05) is 32.8 Å². The number of hydrazone groups is 1. The molecule has 2 rings (SSSR count). The van der Waals surface area contributed by atoms with Gasteiger partial charge in [-0.1, -0.05) is 13.3 Å². The highest BCUT2D eigenvalue weighted by Crippen LogP contribution is 2.28. The fraction of sp³-hybridized carbons (Fsp3) is 0.571. The van der Waals surface area contributed by atoms with Crippen LogP contribution in [0.1, 0.15) is 51.5 Å². The van der Waals surface area contributed by atoms with Crippen LogP contribution in [-0.4, -0.2) is 55.0 Å². The average molecular weight is 421 g/mol. The molecule has 1 aliphatic heterocycles. The number of unbranched alkanes of at least 4 members (excludes halogenated alkanes) is 1. The molecule has 0 bridgehead atoms. The number of amides is 1. The molecular formula is C21H32N4O3S. The van der Waals surface area contributed by atoms with Crippen molar-refractivity contribution in [1.29, 1.82) is 0 Å². The van der Waals surface area contributed by atoms with Crippen molar-refractivity contribution >= 4 is 29.5 Å². The highest BCUT2D eigenvalue weighted by Gasteiger charge is 2.17. The van der Waals surface area contributed by atoms with E-state index in [0.717, 1.165) is 50.9 Å². The molecule has 29 heavy (non-hydrogen) atoms. The quantitative estimate of drug-likeness (QED) is 0.262. The maximum absolute atomic E-state index is 12.3. The summed E-state index contributed by atoms with van der Waals surface area (Å²) in [5, 5.41) is 7.74. The molecule has 0 saturated carbocycles. The third-order valence-corrected chi connectivity index (χ3v) is 4.76.